The van der Waals surface area contributed by atoms with Crippen molar-refractivity contribution >= 4 is 23.1 Å². The molecule has 7 nitrogen and oxygen atoms in total. The Balaban J connectivity index is 2.02. The second-order valence-electron chi connectivity index (χ2n) is 5.96. The van der Waals surface area contributed by atoms with Crippen molar-refractivity contribution in [3.63, 3.8) is 0 Å². The van der Waals surface area contributed by atoms with E-state index in [4.69, 9.17) is 0 Å². The number of benzene rings is 2. The number of rotatable bonds is 6. The van der Waals surface area contributed by atoms with E-state index in [9.17, 15) is 24.8 Å². The van der Waals surface area contributed by atoms with Gasteiger partial charge in [-0.1, -0.05) is 36.4 Å². The second-order valence-corrected chi connectivity index (χ2v) is 5.96. The van der Waals surface area contributed by atoms with E-state index in [-0.39, 0.29) is 17.8 Å². The van der Waals surface area contributed by atoms with Crippen LogP contribution in [0.3, 0.4) is 0 Å². The number of carbonyl (C=O) groups is 2. The minimum absolute atomic E-state index is 0.140. The molecular weight excluding hydrogens is 336 g/mol. The molecule has 0 saturated heterocycles. The van der Waals surface area contributed by atoms with Gasteiger partial charge in [0.2, 0.25) is 0 Å². The zero-order chi connectivity index (χ0) is 18.9. The lowest BCUT2D eigenvalue weighted by Gasteiger charge is -2.22. The second kappa shape index (κ2) is 6.53. The zero-order valence-corrected chi connectivity index (χ0v) is 13.8. The molecule has 1 N–H and O–H groups in total. The molecule has 0 fully saturated rings. The van der Waals surface area contributed by atoms with Gasteiger partial charge in [-0.2, -0.15) is 0 Å². The molecule has 2 aromatic carbocycles. The lowest BCUT2D eigenvalue weighted by molar-refractivity contribution is -0.385. The first-order chi connectivity index (χ1) is 12.4. The minimum atomic E-state index is -2.07. The van der Waals surface area contributed by atoms with Crippen molar-refractivity contribution in [2.45, 2.75) is 12.0 Å². The van der Waals surface area contributed by atoms with E-state index in [0.717, 1.165) is 0 Å². The number of hydrogen-bond donors (Lipinski definition) is 1. The number of para-hydroxylation sites is 2. The summed E-state index contributed by atoms with van der Waals surface area (Å²) in [6.07, 6.45) is 0.936. The molecule has 1 amide bonds. The lowest BCUT2D eigenvalue weighted by atomic mass is 9.88. The molecule has 132 valence electrons. The van der Waals surface area contributed by atoms with Crippen LogP contribution in [-0.2, 0) is 10.4 Å². The summed E-state index contributed by atoms with van der Waals surface area (Å²) < 4.78 is 0. The largest absolute Gasteiger partial charge is 0.375 e. The third-order valence-electron chi connectivity index (χ3n) is 4.37. The molecule has 26 heavy (non-hydrogen) atoms. The number of hydrogen-bond acceptors (Lipinski definition) is 5. The first kappa shape index (κ1) is 17.5. The third kappa shape index (κ3) is 2.68. The van der Waals surface area contributed by atoms with Crippen LogP contribution in [0.15, 0.2) is 61.2 Å². The fraction of sp³-hybridized carbons (Fsp3) is 0.158. The van der Waals surface area contributed by atoms with E-state index in [1.807, 2.05) is 0 Å². The Hall–Kier alpha value is -3.32. The Labute approximate surface area is 149 Å². The predicted octanol–water partition coefficient (Wildman–Crippen LogP) is 2.59. The molecule has 1 unspecified atom stereocenters. The van der Waals surface area contributed by atoms with E-state index in [0.29, 0.717) is 11.3 Å². The summed E-state index contributed by atoms with van der Waals surface area (Å²) in [6, 6.07) is 12.1. The molecule has 1 heterocycles. The number of carbonyl (C=O) groups excluding carboxylic acids is 2. The lowest BCUT2D eigenvalue weighted by Crippen LogP contribution is -2.42. The van der Waals surface area contributed by atoms with Gasteiger partial charge in [0, 0.05) is 18.2 Å². The highest BCUT2D eigenvalue weighted by Crippen LogP contribution is 2.43. The normalized spacial score (nSPS) is 18.5. The monoisotopic (exact) mass is 352 g/mol. The number of anilines is 1. The fourth-order valence-corrected chi connectivity index (χ4v) is 3.18. The summed E-state index contributed by atoms with van der Waals surface area (Å²) in [5, 5.41) is 22.2. The molecule has 2 aromatic rings. The van der Waals surface area contributed by atoms with Crippen molar-refractivity contribution < 1.29 is 19.6 Å². The van der Waals surface area contributed by atoms with Gasteiger partial charge in [0.15, 0.2) is 11.4 Å². The molecule has 1 aliphatic rings. The van der Waals surface area contributed by atoms with Crippen molar-refractivity contribution in [2.24, 2.45) is 0 Å². The average molecular weight is 352 g/mol. The molecule has 0 radical (unpaired) electrons. The molecule has 1 aliphatic heterocycles. The highest BCUT2D eigenvalue weighted by Gasteiger charge is 2.50. The number of amides is 1. The van der Waals surface area contributed by atoms with Crippen molar-refractivity contribution in [3.05, 3.63) is 82.4 Å². The summed E-state index contributed by atoms with van der Waals surface area (Å²) in [4.78, 5) is 37.3. The van der Waals surface area contributed by atoms with E-state index in [1.165, 1.54) is 35.2 Å². The van der Waals surface area contributed by atoms with Gasteiger partial charge in [0.1, 0.15) is 0 Å². The van der Waals surface area contributed by atoms with Crippen LogP contribution in [0.25, 0.3) is 0 Å². The minimum Gasteiger partial charge on any atom is -0.375 e. The molecule has 3 rings (SSSR count). The number of ketones is 1. The van der Waals surface area contributed by atoms with Crippen molar-refractivity contribution in [2.75, 3.05) is 11.4 Å². The summed E-state index contributed by atoms with van der Waals surface area (Å²) in [5.41, 5.74) is -1.77. The third-order valence-corrected chi connectivity index (χ3v) is 4.37. The van der Waals surface area contributed by atoms with E-state index < -0.39 is 28.6 Å². The topological polar surface area (TPSA) is 101 Å². The molecule has 1 atom stereocenters. The van der Waals surface area contributed by atoms with Crippen LogP contribution in [0.2, 0.25) is 0 Å². The maximum atomic E-state index is 12.8. The van der Waals surface area contributed by atoms with Crippen molar-refractivity contribution in [1.82, 2.24) is 0 Å². The molecule has 0 spiro atoms. The number of aliphatic hydroxyl groups is 1. The number of nitrogens with zero attached hydrogens (tertiary/aromatic N) is 2. The first-order valence-electron chi connectivity index (χ1n) is 7.91. The van der Waals surface area contributed by atoms with Gasteiger partial charge in [-0.15, -0.1) is 6.58 Å². The molecule has 0 saturated carbocycles. The summed E-state index contributed by atoms with van der Waals surface area (Å²) in [7, 11) is 0. The maximum absolute atomic E-state index is 12.8. The van der Waals surface area contributed by atoms with E-state index >= 15 is 0 Å². The SMILES string of the molecule is C=CCN1C(=O)C(O)(CC(=O)c2ccccc2[N+](=O)[O-])c2ccccc21. The standard InChI is InChI=1S/C19H16N2O5/c1-2-11-20-16-10-6-4-8-14(16)19(24,18(20)23)12-17(22)13-7-3-5-9-15(13)21(25)26/h2-10,24H,1,11-12H2. The highest BCUT2D eigenvalue weighted by atomic mass is 16.6. The summed E-state index contributed by atoms with van der Waals surface area (Å²) in [6.45, 7) is 3.78. The van der Waals surface area contributed by atoms with Crippen LogP contribution >= 0.6 is 0 Å². The Bertz CT molecular complexity index is 924. The van der Waals surface area contributed by atoms with Gasteiger partial charge >= 0.3 is 0 Å². The molecule has 0 bridgehead atoms. The number of fused-ring (bicyclic) bond motifs is 1. The zero-order valence-electron chi connectivity index (χ0n) is 13.8. The Kier molecular flexibility index (Phi) is 4.40. The van der Waals surface area contributed by atoms with Gasteiger partial charge in [-0.25, -0.2) is 0 Å². The van der Waals surface area contributed by atoms with Crippen LogP contribution in [0.5, 0.6) is 0 Å². The average Bonchev–Trinajstić information content (AvgIpc) is 2.84. The van der Waals surface area contributed by atoms with Gasteiger partial charge in [0.05, 0.1) is 22.6 Å². The summed E-state index contributed by atoms with van der Waals surface area (Å²) >= 11 is 0. The van der Waals surface area contributed by atoms with Gasteiger partial charge < -0.3 is 10.0 Å². The number of Topliss-reactive ketones (excluding diaryl/α,β-unsaturated/α-hetero) is 1. The number of nitro benzene ring substituents is 1. The molecule has 0 aromatic heterocycles. The van der Waals surface area contributed by atoms with Gasteiger partial charge in [-0.3, -0.25) is 19.7 Å². The molecular formula is C19H16N2O5. The highest BCUT2D eigenvalue weighted by molar-refractivity contribution is 6.11. The maximum Gasteiger partial charge on any atom is 0.280 e. The summed E-state index contributed by atoms with van der Waals surface area (Å²) in [5.74, 6) is -1.33. The Morgan fingerprint density at radius 1 is 1.23 bits per heavy atom. The fourth-order valence-electron chi connectivity index (χ4n) is 3.18. The quantitative estimate of drug-likeness (QED) is 0.373. The van der Waals surface area contributed by atoms with Crippen LogP contribution in [-0.4, -0.2) is 28.3 Å². The molecule has 0 aliphatic carbocycles. The Morgan fingerprint density at radius 3 is 2.58 bits per heavy atom. The first-order valence-corrected chi connectivity index (χ1v) is 7.91. The number of nitro groups is 1. The van der Waals surface area contributed by atoms with Gasteiger partial charge in [-0.05, 0) is 12.1 Å². The van der Waals surface area contributed by atoms with E-state index in [1.54, 1.807) is 24.3 Å². The predicted molar refractivity (Wildman–Crippen MR) is 94.9 cm³/mol. The van der Waals surface area contributed by atoms with Crippen molar-refractivity contribution in [3.8, 4) is 0 Å². The van der Waals surface area contributed by atoms with Crippen LogP contribution in [0.4, 0.5) is 11.4 Å². The molecule has 7 heteroatoms. The smallest absolute Gasteiger partial charge is 0.280 e. The van der Waals surface area contributed by atoms with Crippen LogP contribution < -0.4 is 4.90 Å². The van der Waals surface area contributed by atoms with Crippen molar-refractivity contribution in [1.29, 1.82) is 0 Å². The van der Waals surface area contributed by atoms with Gasteiger partial charge in [0.25, 0.3) is 11.6 Å². The Morgan fingerprint density at radius 2 is 1.88 bits per heavy atom. The van der Waals surface area contributed by atoms with Crippen LogP contribution in [0.1, 0.15) is 22.3 Å². The van der Waals surface area contributed by atoms with Crippen LogP contribution in [0, 0.1) is 10.1 Å². The van der Waals surface area contributed by atoms with E-state index in [2.05, 4.69) is 6.58 Å².